The number of rotatable bonds is 2. The van der Waals surface area contributed by atoms with Gasteiger partial charge >= 0.3 is 0 Å². The van der Waals surface area contributed by atoms with Crippen LogP contribution in [-0.2, 0) is 6.54 Å². The van der Waals surface area contributed by atoms with Gasteiger partial charge in [-0.1, -0.05) is 6.07 Å². The molecule has 0 spiro atoms. The lowest BCUT2D eigenvalue weighted by Crippen LogP contribution is -2.32. The van der Waals surface area contributed by atoms with E-state index in [1.54, 1.807) is 0 Å². The monoisotopic (exact) mass is 193 g/mol. The zero-order valence-electron chi connectivity index (χ0n) is 7.57. The van der Waals surface area contributed by atoms with Crippen molar-refractivity contribution >= 4 is 11.8 Å². The predicted molar refractivity (Wildman–Crippen MR) is 55.7 cm³/mol. The Hall–Kier alpha value is -0.540. The minimum atomic E-state index is 0.960. The minimum absolute atomic E-state index is 0.960. The fourth-order valence-corrected chi connectivity index (χ4v) is 2.39. The average Bonchev–Trinajstić information content (AvgIpc) is 2.21. The smallest absolute Gasteiger partial charge is 0.0622 e. The largest absolute Gasteiger partial charge is 0.296 e. The van der Waals surface area contributed by atoms with Crippen molar-refractivity contribution in [2.45, 2.75) is 6.54 Å². The summed E-state index contributed by atoms with van der Waals surface area (Å²) in [6.45, 7) is 3.34. The van der Waals surface area contributed by atoms with Crippen LogP contribution in [-0.4, -0.2) is 34.5 Å². The molecule has 1 fully saturated rings. The molecular formula is C10H13N2S. The van der Waals surface area contributed by atoms with Crippen molar-refractivity contribution in [3.63, 3.8) is 0 Å². The molecule has 0 amide bonds. The predicted octanol–water partition coefficient (Wildman–Crippen LogP) is 1.43. The highest BCUT2D eigenvalue weighted by Crippen LogP contribution is 2.11. The van der Waals surface area contributed by atoms with E-state index in [1.807, 2.05) is 30.1 Å². The third-order valence-corrected chi connectivity index (χ3v) is 3.08. The molecule has 1 aliphatic rings. The van der Waals surface area contributed by atoms with Crippen LogP contribution in [0.15, 0.2) is 18.3 Å². The van der Waals surface area contributed by atoms with E-state index in [4.69, 9.17) is 0 Å². The first-order chi connectivity index (χ1) is 6.45. The summed E-state index contributed by atoms with van der Waals surface area (Å²) >= 11 is 2.04. The van der Waals surface area contributed by atoms with E-state index in [0.29, 0.717) is 0 Å². The summed E-state index contributed by atoms with van der Waals surface area (Å²) in [4.78, 5) is 6.71. The van der Waals surface area contributed by atoms with Crippen molar-refractivity contribution in [1.82, 2.24) is 9.88 Å². The lowest BCUT2D eigenvalue weighted by molar-refractivity contribution is 0.291. The van der Waals surface area contributed by atoms with Crippen molar-refractivity contribution in [3.05, 3.63) is 30.1 Å². The maximum absolute atomic E-state index is 4.27. The Kier molecular flexibility index (Phi) is 3.22. The number of aromatic nitrogens is 1. The number of hydrogen-bond donors (Lipinski definition) is 0. The standard InChI is InChI=1S/C10H13N2S/c1-2-4-11-10(3-1)9-12-5-7-13-8-6-12/h1-2,4H,5-9H2. The van der Waals surface area contributed by atoms with Crippen LogP contribution in [0.4, 0.5) is 0 Å². The highest BCUT2D eigenvalue weighted by atomic mass is 32.2. The molecule has 0 unspecified atom stereocenters. The first kappa shape index (κ1) is 9.03. The van der Waals surface area contributed by atoms with Crippen LogP contribution in [0, 0.1) is 6.07 Å². The van der Waals surface area contributed by atoms with Gasteiger partial charge in [0.2, 0.25) is 0 Å². The van der Waals surface area contributed by atoms with Gasteiger partial charge in [-0.25, -0.2) is 0 Å². The molecule has 3 heteroatoms. The summed E-state index contributed by atoms with van der Waals surface area (Å²) in [5.41, 5.74) is 1.06. The van der Waals surface area contributed by atoms with E-state index in [9.17, 15) is 0 Å². The van der Waals surface area contributed by atoms with Crippen LogP contribution < -0.4 is 0 Å². The molecule has 2 nitrogen and oxygen atoms in total. The molecule has 2 rings (SSSR count). The van der Waals surface area contributed by atoms with E-state index in [1.165, 1.54) is 24.6 Å². The second kappa shape index (κ2) is 4.63. The molecule has 0 aliphatic carbocycles. The SMILES string of the molecule is [c]1cccnc1CN1CCSCC1. The lowest BCUT2D eigenvalue weighted by Gasteiger charge is -2.25. The van der Waals surface area contributed by atoms with Crippen LogP contribution in [0.1, 0.15) is 5.69 Å². The highest BCUT2D eigenvalue weighted by molar-refractivity contribution is 7.99. The number of thioether (sulfide) groups is 1. The van der Waals surface area contributed by atoms with Gasteiger partial charge in [0.1, 0.15) is 0 Å². The van der Waals surface area contributed by atoms with Gasteiger partial charge < -0.3 is 0 Å². The number of nitrogens with zero attached hydrogens (tertiary/aromatic N) is 2. The Morgan fingerprint density at radius 3 is 3.00 bits per heavy atom. The van der Waals surface area contributed by atoms with Crippen molar-refractivity contribution in [2.75, 3.05) is 24.6 Å². The molecule has 0 N–H and O–H groups in total. The van der Waals surface area contributed by atoms with Gasteiger partial charge in [0.05, 0.1) is 5.69 Å². The van der Waals surface area contributed by atoms with Gasteiger partial charge in [0, 0.05) is 43.4 Å². The molecule has 0 aromatic carbocycles. The van der Waals surface area contributed by atoms with E-state index >= 15 is 0 Å². The van der Waals surface area contributed by atoms with Gasteiger partial charge in [-0.3, -0.25) is 9.88 Å². The molecule has 1 saturated heterocycles. The third kappa shape index (κ3) is 2.71. The summed E-state index contributed by atoms with van der Waals surface area (Å²) in [6, 6.07) is 7.00. The van der Waals surface area contributed by atoms with Crippen molar-refractivity contribution in [1.29, 1.82) is 0 Å². The van der Waals surface area contributed by atoms with Gasteiger partial charge in [-0.05, 0) is 6.07 Å². The molecule has 0 atom stereocenters. The van der Waals surface area contributed by atoms with Gasteiger partial charge in [-0.15, -0.1) is 0 Å². The molecule has 0 bridgehead atoms. The summed E-state index contributed by atoms with van der Waals surface area (Å²) in [7, 11) is 0. The quantitative estimate of drug-likeness (QED) is 0.707. The molecule has 1 aliphatic heterocycles. The molecule has 0 saturated carbocycles. The van der Waals surface area contributed by atoms with E-state index in [2.05, 4.69) is 16.0 Å². The lowest BCUT2D eigenvalue weighted by atomic mass is 10.3. The number of pyridine rings is 1. The summed E-state index contributed by atoms with van der Waals surface area (Å²) in [5.74, 6) is 2.51. The van der Waals surface area contributed by atoms with E-state index < -0.39 is 0 Å². The average molecular weight is 193 g/mol. The normalized spacial score (nSPS) is 18.8. The Labute approximate surface area is 83.4 Å². The summed E-state index contributed by atoms with van der Waals surface area (Å²) < 4.78 is 0. The first-order valence-electron chi connectivity index (χ1n) is 4.57. The fourth-order valence-electron chi connectivity index (χ4n) is 1.42. The van der Waals surface area contributed by atoms with E-state index in [0.717, 1.165) is 12.2 Å². The third-order valence-electron chi connectivity index (χ3n) is 2.14. The Morgan fingerprint density at radius 1 is 1.46 bits per heavy atom. The van der Waals surface area contributed by atoms with Gasteiger partial charge in [0.15, 0.2) is 0 Å². The van der Waals surface area contributed by atoms with Gasteiger partial charge in [0.25, 0.3) is 0 Å². The van der Waals surface area contributed by atoms with Crippen molar-refractivity contribution in [2.24, 2.45) is 0 Å². The maximum Gasteiger partial charge on any atom is 0.0622 e. The molecule has 69 valence electrons. The van der Waals surface area contributed by atoms with Crippen LogP contribution >= 0.6 is 11.8 Å². The van der Waals surface area contributed by atoms with Crippen LogP contribution in [0.3, 0.4) is 0 Å². The summed E-state index contributed by atoms with van der Waals surface area (Å²) in [6.07, 6.45) is 1.84. The van der Waals surface area contributed by atoms with Crippen LogP contribution in [0.5, 0.6) is 0 Å². The van der Waals surface area contributed by atoms with Gasteiger partial charge in [-0.2, -0.15) is 11.8 Å². The summed E-state index contributed by atoms with van der Waals surface area (Å²) in [5, 5.41) is 0. The molecule has 13 heavy (non-hydrogen) atoms. The van der Waals surface area contributed by atoms with Crippen molar-refractivity contribution < 1.29 is 0 Å². The molecule has 2 heterocycles. The fraction of sp³-hybridized carbons (Fsp3) is 0.500. The van der Waals surface area contributed by atoms with E-state index in [-0.39, 0.29) is 0 Å². The Bertz CT molecular complexity index is 244. The molecular weight excluding hydrogens is 180 g/mol. The second-order valence-electron chi connectivity index (χ2n) is 3.12. The van der Waals surface area contributed by atoms with Crippen LogP contribution in [0.2, 0.25) is 0 Å². The van der Waals surface area contributed by atoms with Crippen molar-refractivity contribution in [3.8, 4) is 0 Å². The van der Waals surface area contributed by atoms with Crippen LogP contribution in [0.25, 0.3) is 0 Å². The number of hydrogen-bond acceptors (Lipinski definition) is 3. The topological polar surface area (TPSA) is 16.1 Å². The molecule has 1 radical (unpaired) electrons. The zero-order valence-corrected chi connectivity index (χ0v) is 8.39. The Morgan fingerprint density at radius 2 is 2.31 bits per heavy atom. The minimum Gasteiger partial charge on any atom is -0.296 e. The molecule has 1 aromatic heterocycles. The Balaban J connectivity index is 1.90. The maximum atomic E-state index is 4.27. The first-order valence-corrected chi connectivity index (χ1v) is 5.72. The highest BCUT2D eigenvalue weighted by Gasteiger charge is 2.10. The second-order valence-corrected chi connectivity index (χ2v) is 4.34. The molecule has 1 aromatic rings. The zero-order chi connectivity index (χ0) is 8.93.